The molecule has 0 saturated heterocycles. The number of aromatic nitrogens is 2. The van der Waals surface area contributed by atoms with Crippen LogP contribution in [0.1, 0.15) is 36.5 Å². The van der Waals surface area contributed by atoms with Crippen LogP contribution in [0.4, 0.5) is 0 Å². The minimum Gasteiger partial charge on any atom is -0.480 e. The Kier molecular flexibility index (Phi) is 5.50. The number of aliphatic imine (C=N–C) groups is 1. The number of carbonyl (C=O) groups excluding carboxylic acids is 1. The van der Waals surface area contributed by atoms with Crippen LogP contribution in [0.3, 0.4) is 0 Å². The summed E-state index contributed by atoms with van der Waals surface area (Å²) in [5.41, 5.74) is 1.35. The molecule has 0 saturated carbocycles. The maximum absolute atomic E-state index is 12.1. The topological polar surface area (TPSA) is 109 Å². The average molecular weight is 357 g/mol. The maximum Gasteiger partial charge on any atom is 0.325 e. The van der Waals surface area contributed by atoms with Gasteiger partial charge in [0.25, 0.3) is 5.91 Å². The Morgan fingerprint density at radius 1 is 1.35 bits per heavy atom. The van der Waals surface area contributed by atoms with Gasteiger partial charge in [-0.05, 0) is 38.0 Å². The molecule has 2 heterocycles. The first-order chi connectivity index (χ1) is 12.5. The Morgan fingerprint density at radius 3 is 2.92 bits per heavy atom. The van der Waals surface area contributed by atoms with Crippen LogP contribution in [-0.2, 0) is 11.3 Å². The molecule has 2 aromatic rings. The molecule has 8 heteroatoms. The lowest BCUT2D eigenvalue weighted by molar-refractivity contribution is -0.138. The lowest BCUT2D eigenvalue weighted by Crippen LogP contribution is -2.38. The predicted molar refractivity (Wildman–Crippen MR) is 98.5 cm³/mol. The van der Waals surface area contributed by atoms with E-state index in [4.69, 9.17) is 5.11 Å². The van der Waals surface area contributed by atoms with Crippen molar-refractivity contribution in [1.29, 1.82) is 0 Å². The highest BCUT2D eigenvalue weighted by Gasteiger charge is 2.16. The molecule has 3 rings (SSSR count). The summed E-state index contributed by atoms with van der Waals surface area (Å²) in [7, 11) is 0. The number of nitrogens with one attached hydrogen (secondary N) is 2. The van der Waals surface area contributed by atoms with Gasteiger partial charge in [0.05, 0.1) is 24.1 Å². The van der Waals surface area contributed by atoms with Gasteiger partial charge in [0.2, 0.25) is 0 Å². The van der Waals surface area contributed by atoms with Gasteiger partial charge in [0.15, 0.2) is 0 Å². The molecule has 8 nitrogen and oxygen atoms in total. The predicted octanol–water partition coefficient (Wildman–Crippen LogP) is 1.41. The van der Waals surface area contributed by atoms with Gasteiger partial charge in [0, 0.05) is 30.5 Å². The fraction of sp³-hybridized carbons (Fsp3) is 0.444. The quantitative estimate of drug-likeness (QED) is 0.724. The number of hydrogen-bond donors (Lipinski definition) is 3. The highest BCUT2D eigenvalue weighted by atomic mass is 16.4. The number of benzene rings is 1. The van der Waals surface area contributed by atoms with Crippen molar-refractivity contribution in [3.8, 4) is 0 Å². The van der Waals surface area contributed by atoms with Crippen LogP contribution in [0.5, 0.6) is 0 Å². The SMILES string of the molecule is CC(NC(=O)c1ccc2c(cnn2CCNC2=NCCCC2)c1)C(=O)O. The molecule has 1 aromatic heterocycles. The fourth-order valence-corrected chi connectivity index (χ4v) is 2.90. The van der Waals surface area contributed by atoms with Crippen molar-refractivity contribution >= 4 is 28.6 Å². The Hall–Kier alpha value is -2.90. The van der Waals surface area contributed by atoms with Gasteiger partial charge in [-0.25, -0.2) is 0 Å². The molecule has 0 bridgehead atoms. The molecule has 1 atom stereocenters. The van der Waals surface area contributed by atoms with Crippen molar-refractivity contribution < 1.29 is 14.7 Å². The molecule has 1 amide bonds. The summed E-state index contributed by atoms with van der Waals surface area (Å²) in [5, 5.41) is 19.9. The normalized spacial score (nSPS) is 15.3. The Bertz CT molecular complexity index is 842. The largest absolute Gasteiger partial charge is 0.480 e. The lowest BCUT2D eigenvalue weighted by Gasteiger charge is -2.14. The Morgan fingerprint density at radius 2 is 2.19 bits per heavy atom. The van der Waals surface area contributed by atoms with Crippen molar-refractivity contribution in [2.75, 3.05) is 13.1 Å². The van der Waals surface area contributed by atoms with Crippen LogP contribution in [0.25, 0.3) is 10.9 Å². The molecular formula is C18H23N5O3. The summed E-state index contributed by atoms with van der Waals surface area (Å²) < 4.78 is 1.88. The summed E-state index contributed by atoms with van der Waals surface area (Å²) in [6.45, 7) is 3.77. The number of hydrogen-bond acceptors (Lipinski definition) is 5. The second-order valence-electron chi connectivity index (χ2n) is 6.39. The van der Waals surface area contributed by atoms with Gasteiger partial charge in [0.1, 0.15) is 6.04 Å². The zero-order valence-electron chi connectivity index (χ0n) is 14.7. The molecular weight excluding hydrogens is 334 g/mol. The van der Waals surface area contributed by atoms with Crippen LogP contribution in [0, 0.1) is 0 Å². The molecule has 26 heavy (non-hydrogen) atoms. The molecule has 1 aromatic carbocycles. The minimum absolute atomic E-state index is 0.411. The highest BCUT2D eigenvalue weighted by Crippen LogP contribution is 2.16. The zero-order valence-corrected chi connectivity index (χ0v) is 14.7. The number of nitrogens with zero attached hydrogens (tertiary/aromatic N) is 3. The summed E-state index contributed by atoms with van der Waals surface area (Å²) in [5.74, 6) is -0.409. The Labute approximate surface area is 151 Å². The van der Waals surface area contributed by atoms with Gasteiger partial charge < -0.3 is 15.7 Å². The zero-order chi connectivity index (χ0) is 18.5. The van der Waals surface area contributed by atoms with Gasteiger partial charge in [-0.2, -0.15) is 5.10 Å². The van der Waals surface area contributed by atoms with Crippen molar-refractivity contribution in [2.24, 2.45) is 4.99 Å². The number of aliphatic carboxylic acids is 1. The molecule has 0 aliphatic carbocycles. The van der Waals surface area contributed by atoms with E-state index in [1.54, 1.807) is 18.3 Å². The van der Waals surface area contributed by atoms with Crippen molar-refractivity contribution in [2.45, 2.75) is 38.8 Å². The fourth-order valence-electron chi connectivity index (χ4n) is 2.90. The van der Waals surface area contributed by atoms with Crippen LogP contribution in [0.2, 0.25) is 0 Å². The van der Waals surface area contributed by atoms with Crippen molar-refractivity contribution in [1.82, 2.24) is 20.4 Å². The van der Waals surface area contributed by atoms with Crippen molar-refractivity contribution in [3.63, 3.8) is 0 Å². The Balaban J connectivity index is 1.64. The van der Waals surface area contributed by atoms with E-state index in [1.165, 1.54) is 13.3 Å². The van der Waals surface area contributed by atoms with E-state index in [2.05, 4.69) is 20.7 Å². The van der Waals surface area contributed by atoms with Gasteiger partial charge in [-0.1, -0.05) is 0 Å². The number of carbonyl (C=O) groups is 2. The number of amides is 1. The van der Waals surface area contributed by atoms with Gasteiger partial charge >= 0.3 is 5.97 Å². The van der Waals surface area contributed by atoms with Crippen LogP contribution in [-0.4, -0.2) is 51.7 Å². The van der Waals surface area contributed by atoms with E-state index in [0.29, 0.717) is 12.1 Å². The van der Waals surface area contributed by atoms with Crippen LogP contribution in [0.15, 0.2) is 29.4 Å². The third kappa shape index (κ3) is 4.19. The van der Waals surface area contributed by atoms with E-state index in [-0.39, 0.29) is 0 Å². The van der Waals surface area contributed by atoms with Crippen molar-refractivity contribution in [3.05, 3.63) is 30.0 Å². The smallest absolute Gasteiger partial charge is 0.325 e. The number of amidine groups is 1. The van der Waals surface area contributed by atoms with Crippen LogP contribution >= 0.6 is 0 Å². The summed E-state index contributed by atoms with van der Waals surface area (Å²) >= 11 is 0. The minimum atomic E-state index is -1.07. The summed E-state index contributed by atoms with van der Waals surface area (Å²) in [6.07, 6.45) is 5.07. The summed E-state index contributed by atoms with van der Waals surface area (Å²) in [4.78, 5) is 27.5. The molecule has 3 N–H and O–H groups in total. The molecule has 138 valence electrons. The number of rotatable bonds is 6. The monoisotopic (exact) mass is 357 g/mol. The molecule has 0 radical (unpaired) electrons. The van der Waals surface area contributed by atoms with E-state index in [0.717, 1.165) is 42.7 Å². The van der Waals surface area contributed by atoms with E-state index in [1.807, 2.05) is 10.7 Å². The first-order valence-electron chi connectivity index (χ1n) is 8.81. The number of carboxylic acid groups (broad SMARTS) is 1. The molecule has 1 aliphatic heterocycles. The van der Waals surface area contributed by atoms with Gasteiger partial charge in [-0.15, -0.1) is 0 Å². The second-order valence-corrected chi connectivity index (χ2v) is 6.39. The third-order valence-electron chi connectivity index (χ3n) is 4.40. The second kappa shape index (κ2) is 7.99. The average Bonchev–Trinajstić information content (AvgIpc) is 3.05. The van der Waals surface area contributed by atoms with Crippen LogP contribution < -0.4 is 10.6 Å². The molecule has 0 spiro atoms. The van der Waals surface area contributed by atoms with E-state index < -0.39 is 17.9 Å². The van der Waals surface area contributed by atoms with E-state index in [9.17, 15) is 9.59 Å². The number of fused-ring (bicyclic) bond motifs is 1. The summed E-state index contributed by atoms with van der Waals surface area (Å²) in [6, 6.07) is 4.31. The molecule has 1 unspecified atom stereocenters. The molecule has 1 aliphatic rings. The van der Waals surface area contributed by atoms with E-state index >= 15 is 0 Å². The molecule has 0 fully saturated rings. The van der Waals surface area contributed by atoms with Gasteiger partial charge in [-0.3, -0.25) is 19.3 Å². The first-order valence-corrected chi connectivity index (χ1v) is 8.81. The first kappa shape index (κ1) is 17.9. The maximum atomic E-state index is 12.1. The standard InChI is InChI=1S/C18H23N5O3/c1-12(18(25)26)22-17(24)13-5-6-15-14(10-13)11-21-23(15)9-8-20-16-4-2-3-7-19-16/h5-6,10-12H,2-4,7-9H2,1H3,(H,19,20)(H,22,24)(H,25,26). The lowest BCUT2D eigenvalue weighted by atomic mass is 10.1. The number of carboxylic acids is 1. The highest BCUT2D eigenvalue weighted by molar-refractivity contribution is 5.99. The third-order valence-corrected chi connectivity index (χ3v) is 4.40.